The summed E-state index contributed by atoms with van der Waals surface area (Å²) in [5, 5.41) is 13.2. The van der Waals surface area contributed by atoms with Crippen LogP contribution in [0, 0.1) is 19.8 Å². The number of amides is 1. The van der Waals surface area contributed by atoms with Crippen LogP contribution in [0.3, 0.4) is 0 Å². The third kappa shape index (κ3) is 4.11. The molecule has 0 spiro atoms. The van der Waals surface area contributed by atoms with Crippen molar-refractivity contribution >= 4 is 34.8 Å². The van der Waals surface area contributed by atoms with Gasteiger partial charge in [0.1, 0.15) is 0 Å². The Morgan fingerprint density at radius 1 is 1.29 bits per heavy atom. The number of rotatable bonds is 4. The van der Waals surface area contributed by atoms with Gasteiger partial charge in [-0.2, -0.15) is 5.10 Å². The Hall–Kier alpha value is -2.22. The van der Waals surface area contributed by atoms with E-state index >= 15 is 0 Å². The van der Waals surface area contributed by atoms with Crippen molar-refractivity contribution in [2.45, 2.75) is 19.8 Å². The fourth-order valence-corrected chi connectivity index (χ4v) is 4.22. The predicted octanol–water partition coefficient (Wildman–Crippen LogP) is 3.52. The molecule has 6 nitrogen and oxygen atoms in total. The van der Waals surface area contributed by atoms with Crippen molar-refractivity contribution in [1.82, 2.24) is 20.1 Å². The third-order valence-corrected chi connectivity index (χ3v) is 6.00. The highest BCUT2D eigenvalue weighted by molar-refractivity contribution is 7.14. The summed E-state index contributed by atoms with van der Waals surface area (Å²) in [6, 6.07) is 6.31. The monoisotopic (exact) mass is 417 g/mol. The van der Waals surface area contributed by atoms with Gasteiger partial charge in [0, 0.05) is 43.2 Å². The van der Waals surface area contributed by atoms with E-state index in [9.17, 15) is 4.79 Å². The summed E-state index contributed by atoms with van der Waals surface area (Å²) in [5.41, 5.74) is 5.56. The summed E-state index contributed by atoms with van der Waals surface area (Å²) >= 11 is 1.46. The largest absolute Gasteiger partial charge is 0.315 e. The smallest absolute Gasteiger partial charge is 0.231 e. The molecule has 1 saturated heterocycles. The Morgan fingerprint density at radius 3 is 2.82 bits per heavy atom. The number of carbonyl (C=O) groups excluding carboxylic acids is 1. The van der Waals surface area contributed by atoms with Gasteiger partial charge in [-0.25, -0.2) is 4.98 Å². The summed E-state index contributed by atoms with van der Waals surface area (Å²) in [7, 11) is 1.89. The molecule has 1 amide bonds. The average Bonchev–Trinajstić information content (AvgIpc) is 3.37. The zero-order valence-electron chi connectivity index (χ0n) is 16.1. The van der Waals surface area contributed by atoms with Gasteiger partial charge in [-0.1, -0.05) is 12.1 Å². The molecule has 2 atom stereocenters. The maximum Gasteiger partial charge on any atom is 0.231 e. The first-order valence-electron chi connectivity index (χ1n) is 9.04. The van der Waals surface area contributed by atoms with Gasteiger partial charge >= 0.3 is 0 Å². The molecule has 0 bridgehead atoms. The maximum absolute atomic E-state index is 12.8. The highest BCUT2D eigenvalue weighted by atomic mass is 35.5. The third-order valence-electron chi connectivity index (χ3n) is 5.24. The van der Waals surface area contributed by atoms with Crippen LogP contribution in [0.4, 0.5) is 5.13 Å². The van der Waals surface area contributed by atoms with Gasteiger partial charge in [-0.05, 0) is 36.6 Å². The van der Waals surface area contributed by atoms with Crippen molar-refractivity contribution in [3.05, 3.63) is 52.7 Å². The van der Waals surface area contributed by atoms with E-state index in [1.54, 1.807) is 4.68 Å². The topological polar surface area (TPSA) is 71.8 Å². The Labute approximate surface area is 174 Å². The van der Waals surface area contributed by atoms with Crippen LogP contribution in [0.15, 0.2) is 36.0 Å². The molecular weight excluding hydrogens is 394 g/mol. The van der Waals surface area contributed by atoms with E-state index in [4.69, 9.17) is 0 Å². The van der Waals surface area contributed by atoms with Crippen molar-refractivity contribution in [3.63, 3.8) is 0 Å². The van der Waals surface area contributed by atoms with Crippen molar-refractivity contribution in [3.8, 4) is 11.3 Å². The Bertz CT molecular complexity index is 983. The average molecular weight is 418 g/mol. The molecule has 4 rings (SSSR count). The number of halogens is 1. The van der Waals surface area contributed by atoms with E-state index in [-0.39, 0.29) is 30.2 Å². The molecule has 2 N–H and O–H groups in total. The fourth-order valence-electron chi connectivity index (χ4n) is 3.50. The molecule has 0 aliphatic carbocycles. The molecule has 1 aliphatic heterocycles. The van der Waals surface area contributed by atoms with E-state index in [0.29, 0.717) is 11.7 Å². The highest BCUT2D eigenvalue weighted by Gasteiger charge is 2.35. The lowest BCUT2D eigenvalue weighted by Crippen LogP contribution is -2.28. The molecule has 148 valence electrons. The number of carbonyl (C=O) groups is 1. The Morgan fingerprint density at radius 2 is 2.11 bits per heavy atom. The molecule has 1 aromatic carbocycles. The molecule has 1 fully saturated rings. The van der Waals surface area contributed by atoms with Gasteiger partial charge in [0.25, 0.3) is 0 Å². The molecule has 28 heavy (non-hydrogen) atoms. The second-order valence-corrected chi connectivity index (χ2v) is 8.00. The zero-order valence-corrected chi connectivity index (χ0v) is 17.7. The van der Waals surface area contributed by atoms with E-state index in [2.05, 4.69) is 52.8 Å². The van der Waals surface area contributed by atoms with E-state index in [1.807, 2.05) is 24.8 Å². The second kappa shape index (κ2) is 8.43. The molecule has 0 radical (unpaired) electrons. The van der Waals surface area contributed by atoms with E-state index in [0.717, 1.165) is 23.4 Å². The summed E-state index contributed by atoms with van der Waals surface area (Å²) in [5.74, 6) is 0.0240. The predicted molar refractivity (Wildman–Crippen MR) is 115 cm³/mol. The SMILES string of the molecule is Cc1ccc(-c2csc(NC(=O)[C@H]3CNC[C@@H]3c3cnn(C)c3)n2)cc1C.Cl. The first-order valence-corrected chi connectivity index (χ1v) is 9.92. The van der Waals surface area contributed by atoms with Crippen LogP contribution >= 0.6 is 23.7 Å². The number of anilines is 1. The van der Waals surface area contributed by atoms with Crippen LogP contribution in [0.25, 0.3) is 11.3 Å². The first-order chi connectivity index (χ1) is 13.0. The zero-order chi connectivity index (χ0) is 19.0. The van der Waals surface area contributed by atoms with Gasteiger partial charge in [-0.15, -0.1) is 23.7 Å². The molecule has 1 aliphatic rings. The molecular formula is C20H24ClN5OS. The first kappa shape index (κ1) is 20.5. The number of hydrogen-bond donors (Lipinski definition) is 2. The van der Waals surface area contributed by atoms with Crippen molar-refractivity contribution in [2.24, 2.45) is 13.0 Å². The van der Waals surface area contributed by atoms with Crippen molar-refractivity contribution in [2.75, 3.05) is 18.4 Å². The normalized spacial score (nSPS) is 18.7. The number of benzene rings is 1. The van der Waals surface area contributed by atoms with E-state index < -0.39 is 0 Å². The van der Waals surface area contributed by atoms with Gasteiger partial charge in [0.2, 0.25) is 5.91 Å². The van der Waals surface area contributed by atoms with Gasteiger partial charge in [-0.3, -0.25) is 9.48 Å². The molecule has 0 saturated carbocycles. The lowest BCUT2D eigenvalue weighted by molar-refractivity contribution is -0.119. The van der Waals surface area contributed by atoms with Gasteiger partial charge < -0.3 is 10.6 Å². The van der Waals surface area contributed by atoms with Crippen LogP contribution < -0.4 is 10.6 Å². The minimum Gasteiger partial charge on any atom is -0.315 e. The lowest BCUT2D eigenvalue weighted by atomic mass is 9.90. The van der Waals surface area contributed by atoms with Gasteiger partial charge in [0.05, 0.1) is 17.8 Å². The van der Waals surface area contributed by atoms with Crippen LogP contribution in [-0.2, 0) is 11.8 Å². The Kier molecular flexibility index (Phi) is 6.17. The molecule has 3 aromatic rings. The summed E-state index contributed by atoms with van der Waals surface area (Å²) in [4.78, 5) is 17.5. The molecule has 0 unspecified atom stereocenters. The van der Waals surface area contributed by atoms with Crippen molar-refractivity contribution < 1.29 is 4.79 Å². The van der Waals surface area contributed by atoms with Crippen LogP contribution in [0.1, 0.15) is 22.6 Å². The highest BCUT2D eigenvalue weighted by Crippen LogP contribution is 2.30. The number of hydrogen-bond acceptors (Lipinski definition) is 5. The summed E-state index contributed by atoms with van der Waals surface area (Å²) < 4.78 is 1.78. The summed E-state index contributed by atoms with van der Waals surface area (Å²) in [6.45, 7) is 5.65. The lowest BCUT2D eigenvalue weighted by Gasteiger charge is -2.15. The van der Waals surface area contributed by atoms with E-state index in [1.165, 1.54) is 22.5 Å². The molecule has 3 heterocycles. The number of thiazole rings is 1. The van der Waals surface area contributed by atoms with Crippen molar-refractivity contribution in [1.29, 1.82) is 0 Å². The van der Waals surface area contributed by atoms with Crippen LogP contribution in [0.2, 0.25) is 0 Å². The van der Waals surface area contributed by atoms with Crippen LogP contribution in [-0.4, -0.2) is 33.8 Å². The standard InChI is InChI=1S/C20H23N5OS.ClH/c1-12-4-5-14(6-13(12)2)18-11-27-20(23-18)24-19(26)17-9-21-8-16(17)15-7-22-25(3)10-15;/h4-7,10-11,16-17,21H,8-9H2,1-3H3,(H,23,24,26);1H/t16-,17+;/m1./s1. The minimum absolute atomic E-state index is 0. The Balaban J connectivity index is 0.00000225. The van der Waals surface area contributed by atoms with Gasteiger partial charge in [0.15, 0.2) is 5.13 Å². The second-order valence-electron chi connectivity index (χ2n) is 7.14. The minimum atomic E-state index is -0.122. The molecule has 8 heteroatoms. The molecule has 2 aromatic heterocycles. The quantitative estimate of drug-likeness (QED) is 0.681. The number of nitrogens with zero attached hydrogens (tertiary/aromatic N) is 3. The summed E-state index contributed by atoms with van der Waals surface area (Å²) in [6.07, 6.45) is 3.83. The fraction of sp³-hybridized carbons (Fsp3) is 0.350. The number of aromatic nitrogens is 3. The maximum atomic E-state index is 12.8. The number of nitrogens with one attached hydrogen (secondary N) is 2. The van der Waals surface area contributed by atoms with Crippen LogP contribution in [0.5, 0.6) is 0 Å². The number of aryl methyl sites for hydroxylation is 3.